The van der Waals surface area contributed by atoms with Crippen LogP contribution in [-0.2, 0) is 25.1 Å². The molecule has 25 heavy (non-hydrogen) atoms. The zero-order chi connectivity index (χ0) is 18.1. The molecular weight excluding hydrogens is 413 g/mol. The van der Waals surface area contributed by atoms with Gasteiger partial charge in [-0.15, -0.1) is 0 Å². The highest BCUT2D eigenvalue weighted by Gasteiger charge is 2.43. The Kier molecular flexibility index (Phi) is 4.83. The Morgan fingerprint density at radius 2 is 1.80 bits per heavy atom. The lowest BCUT2D eigenvalue weighted by Crippen LogP contribution is -2.30. The minimum atomic E-state index is -3.95. The second kappa shape index (κ2) is 6.76. The zero-order valence-corrected chi connectivity index (χ0v) is 15.7. The van der Waals surface area contributed by atoms with Gasteiger partial charge in [-0.2, -0.15) is 8.42 Å². The highest BCUT2D eigenvalue weighted by atomic mass is 79.9. The highest BCUT2D eigenvalue weighted by molar-refractivity contribution is 9.09. The van der Waals surface area contributed by atoms with Gasteiger partial charge in [0.25, 0.3) is 10.0 Å². The maximum Gasteiger partial charge on any atom is 0.401 e. The van der Waals surface area contributed by atoms with Crippen LogP contribution in [0.4, 0.5) is 4.39 Å². The standard InChI is InChI=1S/C17H15BrFNO4S/c1-12-2-8-15(9-3-12)25(21,22)20-16-23-11-17(10-18,24-16)13-4-6-14(19)7-5-13/h2-9H,10-11H2,1H3/b20-16-. The Hall–Kier alpha value is -1.93. The number of nitrogens with zero attached hydrogens (tertiary/aromatic N) is 1. The molecule has 8 heteroatoms. The molecule has 0 N–H and O–H groups in total. The van der Waals surface area contributed by atoms with Gasteiger partial charge < -0.3 is 9.47 Å². The van der Waals surface area contributed by atoms with Gasteiger partial charge in [-0.1, -0.05) is 50.2 Å². The summed E-state index contributed by atoms with van der Waals surface area (Å²) in [5, 5.41) is 0.329. The van der Waals surface area contributed by atoms with E-state index in [2.05, 4.69) is 20.3 Å². The van der Waals surface area contributed by atoms with Crippen molar-refractivity contribution in [2.24, 2.45) is 4.40 Å². The molecule has 0 saturated carbocycles. The Morgan fingerprint density at radius 3 is 2.40 bits per heavy atom. The summed E-state index contributed by atoms with van der Waals surface area (Å²) < 4.78 is 52.6. The smallest absolute Gasteiger partial charge is 0.401 e. The minimum Gasteiger partial charge on any atom is -0.445 e. The highest BCUT2D eigenvalue weighted by Crippen LogP contribution is 2.34. The molecule has 0 spiro atoms. The molecule has 0 aromatic heterocycles. The summed E-state index contributed by atoms with van der Waals surface area (Å²) in [6.07, 6.45) is -0.329. The van der Waals surface area contributed by atoms with Crippen molar-refractivity contribution in [2.75, 3.05) is 11.9 Å². The molecule has 1 fully saturated rings. The van der Waals surface area contributed by atoms with Crippen LogP contribution in [0.25, 0.3) is 0 Å². The van der Waals surface area contributed by atoms with Crippen LogP contribution in [0, 0.1) is 12.7 Å². The van der Waals surface area contributed by atoms with Gasteiger partial charge in [0.1, 0.15) is 12.4 Å². The number of aryl methyl sites for hydroxylation is 1. The average molecular weight is 428 g/mol. The first-order valence-corrected chi connectivity index (χ1v) is 9.96. The van der Waals surface area contributed by atoms with Gasteiger partial charge in [0.05, 0.1) is 10.2 Å². The SMILES string of the molecule is Cc1ccc(S(=O)(=O)/N=C2/OCC(CBr)(c3ccc(F)cc3)O2)cc1. The Balaban J connectivity index is 1.89. The Labute approximate surface area is 153 Å². The molecule has 3 rings (SSSR count). The molecule has 0 radical (unpaired) electrons. The first-order valence-electron chi connectivity index (χ1n) is 7.40. The molecule has 132 valence electrons. The van der Waals surface area contributed by atoms with Crippen molar-refractivity contribution < 1.29 is 22.3 Å². The third-order valence-electron chi connectivity index (χ3n) is 3.81. The lowest BCUT2D eigenvalue weighted by Gasteiger charge is -2.23. The summed E-state index contributed by atoms with van der Waals surface area (Å²) in [7, 11) is -3.95. The van der Waals surface area contributed by atoms with E-state index in [9.17, 15) is 12.8 Å². The molecule has 5 nitrogen and oxygen atoms in total. The lowest BCUT2D eigenvalue weighted by molar-refractivity contribution is 0.114. The maximum absolute atomic E-state index is 13.1. The van der Waals surface area contributed by atoms with Crippen molar-refractivity contribution in [3.8, 4) is 0 Å². The molecule has 1 saturated heterocycles. The number of ether oxygens (including phenoxy) is 2. The van der Waals surface area contributed by atoms with Gasteiger partial charge in [-0.3, -0.25) is 0 Å². The average Bonchev–Trinajstić information content (AvgIpc) is 2.99. The first-order chi connectivity index (χ1) is 11.8. The second-order valence-electron chi connectivity index (χ2n) is 5.67. The summed E-state index contributed by atoms with van der Waals surface area (Å²) in [6.45, 7) is 1.92. The van der Waals surface area contributed by atoms with Gasteiger partial charge in [0.2, 0.25) is 0 Å². The predicted octanol–water partition coefficient (Wildman–Crippen LogP) is 3.52. The number of sulfonamides is 1. The van der Waals surface area contributed by atoms with E-state index in [-0.39, 0.29) is 23.4 Å². The molecule has 1 aliphatic heterocycles. The van der Waals surface area contributed by atoms with Crippen LogP contribution < -0.4 is 0 Å². The van der Waals surface area contributed by atoms with Crippen LogP contribution in [0.15, 0.2) is 57.8 Å². The third kappa shape index (κ3) is 3.69. The molecule has 1 heterocycles. The number of benzene rings is 2. The normalized spacial score (nSPS) is 21.8. The summed E-state index contributed by atoms with van der Waals surface area (Å²) in [4.78, 5) is 0.0518. The Morgan fingerprint density at radius 1 is 1.16 bits per heavy atom. The Bertz CT molecular complexity index is 897. The largest absolute Gasteiger partial charge is 0.445 e. The molecule has 1 unspecified atom stereocenters. The fraction of sp³-hybridized carbons (Fsp3) is 0.235. The van der Waals surface area contributed by atoms with E-state index >= 15 is 0 Å². The van der Waals surface area contributed by atoms with Crippen molar-refractivity contribution in [2.45, 2.75) is 17.4 Å². The number of hydrogen-bond acceptors (Lipinski definition) is 4. The summed E-state index contributed by atoms with van der Waals surface area (Å²) >= 11 is 3.35. The van der Waals surface area contributed by atoms with E-state index < -0.39 is 15.6 Å². The van der Waals surface area contributed by atoms with Gasteiger partial charge >= 0.3 is 6.08 Å². The van der Waals surface area contributed by atoms with Crippen LogP contribution in [0.3, 0.4) is 0 Å². The van der Waals surface area contributed by atoms with E-state index in [1.54, 1.807) is 24.3 Å². The first kappa shape index (κ1) is 17.9. The van der Waals surface area contributed by atoms with Gasteiger partial charge in [0.15, 0.2) is 5.60 Å². The predicted molar refractivity (Wildman–Crippen MR) is 94.7 cm³/mol. The maximum atomic E-state index is 13.1. The summed E-state index contributed by atoms with van der Waals surface area (Å²) in [5.74, 6) is -0.372. The van der Waals surface area contributed by atoms with Crippen molar-refractivity contribution >= 4 is 32.0 Å². The molecule has 2 aromatic carbocycles. The molecule has 1 aliphatic rings. The van der Waals surface area contributed by atoms with Gasteiger partial charge in [-0.05, 0) is 31.2 Å². The van der Waals surface area contributed by atoms with E-state index in [0.717, 1.165) is 5.56 Å². The molecule has 0 bridgehead atoms. The fourth-order valence-corrected chi connectivity index (χ4v) is 3.82. The second-order valence-corrected chi connectivity index (χ2v) is 7.84. The van der Waals surface area contributed by atoms with Crippen LogP contribution in [0.2, 0.25) is 0 Å². The van der Waals surface area contributed by atoms with Crippen molar-refractivity contribution in [3.05, 3.63) is 65.5 Å². The van der Waals surface area contributed by atoms with Gasteiger partial charge in [0, 0.05) is 5.56 Å². The van der Waals surface area contributed by atoms with E-state index in [4.69, 9.17) is 9.47 Å². The zero-order valence-electron chi connectivity index (χ0n) is 13.3. The number of alkyl halides is 1. The van der Waals surface area contributed by atoms with Crippen molar-refractivity contribution in [1.29, 1.82) is 0 Å². The van der Waals surface area contributed by atoms with Gasteiger partial charge in [-0.25, -0.2) is 4.39 Å². The number of hydrogen-bond donors (Lipinski definition) is 0. The lowest BCUT2D eigenvalue weighted by atomic mass is 9.97. The quantitative estimate of drug-likeness (QED) is 0.700. The topological polar surface area (TPSA) is 65.0 Å². The number of halogens is 2. The van der Waals surface area contributed by atoms with E-state index in [1.807, 2.05) is 6.92 Å². The molecule has 0 aliphatic carbocycles. The minimum absolute atomic E-state index is 0.0518. The van der Waals surface area contributed by atoms with E-state index in [1.165, 1.54) is 24.3 Å². The molecule has 1 atom stereocenters. The monoisotopic (exact) mass is 427 g/mol. The summed E-state index contributed by atoms with van der Waals surface area (Å²) in [6, 6.07) is 12.1. The summed E-state index contributed by atoms with van der Waals surface area (Å²) in [5.41, 5.74) is 0.633. The van der Waals surface area contributed by atoms with Crippen LogP contribution in [-0.4, -0.2) is 26.4 Å². The molecule has 0 amide bonds. The van der Waals surface area contributed by atoms with Crippen LogP contribution in [0.1, 0.15) is 11.1 Å². The fourth-order valence-electron chi connectivity index (χ4n) is 2.35. The van der Waals surface area contributed by atoms with Crippen LogP contribution >= 0.6 is 15.9 Å². The molecular formula is C17H15BrFNO4S. The van der Waals surface area contributed by atoms with Crippen molar-refractivity contribution in [3.63, 3.8) is 0 Å². The third-order valence-corrected chi connectivity index (χ3v) is 5.97. The van der Waals surface area contributed by atoms with Crippen LogP contribution in [0.5, 0.6) is 0 Å². The number of rotatable bonds is 4. The van der Waals surface area contributed by atoms with Crippen molar-refractivity contribution in [1.82, 2.24) is 0 Å². The molecule has 2 aromatic rings. The van der Waals surface area contributed by atoms with E-state index in [0.29, 0.717) is 10.9 Å².